The van der Waals surface area contributed by atoms with Crippen molar-refractivity contribution in [3.8, 4) is 0 Å². The maximum Gasteiger partial charge on any atom is 0.160 e. The van der Waals surface area contributed by atoms with Crippen molar-refractivity contribution >= 4 is 5.69 Å². The zero-order chi connectivity index (χ0) is 12.1. The van der Waals surface area contributed by atoms with Gasteiger partial charge >= 0.3 is 0 Å². The third kappa shape index (κ3) is 3.77. The van der Waals surface area contributed by atoms with Crippen molar-refractivity contribution in [2.75, 3.05) is 25.0 Å². The molecule has 16 heavy (non-hydrogen) atoms. The third-order valence-electron chi connectivity index (χ3n) is 2.34. The molecule has 2 nitrogen and oxygen atoms in total. The fourth-order valence-electron chi connectivity index (χ4n) is 1.37. The molecule has 1 N–H and O–H groups in total. The van der Waals surface area contributed by atoms with Crippen LogP contribution in [0.1, 0.15) is 13.8 Å². The van der Waals surface area contributed by atoms with Gasteiger partial charge in [0.2, 0.25) is 0 Å². The van der Waals surface area contributed by atoms with Crippen LogP contribution < -0.4 is 10.2 Å². The van der Waals surface area contributed by atoms with Gasteiger partial charge in [0.1, 0.15) is 0 Å². The Morgan fingerprint density at radius 2 is 1.94 bits per heavy atom. The smallest absolute Gasteiger partial charge is 0.160 e. The Morgan fingerprint density at radius 3 is 2.50 bits per heavy atom. The Kier molecular flexibility index (Phi) is 4.68. The molecule has 0 aromatic heterocycles. The van der Waals surface area contributed by atoms with Crippen molar-refractivity contribution in [2.24, 2.45) is 0 Å². The lowest BCUT2D eigenvalue weighted by Crippen LogP contribution is -2.32. The third-order valence-corrected chi connectivity index (χ3v) is 2.34. The Morgan fingerprint density at radius 1 is 1.25 bits per heavy atom. The summed E-state index contributed by atoms with van der Waals surface area (Å²) in [6.07, 6.45) is 0. The van der Waals surface area contributed by atoms with E-state index in [1.807, 2.05) is 11.9 Å². The standard InChI is InChI=1S/C12H18F2N2/c1-9(2)15-6-7-16(3)10-4-5-11(13)12(14)8-10/h4-5,8-9,15H,6-7H2,1-3H3. The molecule has 0 heterocycles. The van der Waals surface area contributed by atoms with E-state index in [4.69, 9.17) is 0 Å². The van der Waals surface area contributed by atoms with Crippen LogP contribution in [0.4, 0.5) is 14.5 Å². The van der Waals surface area contributed by atoms with Gasteiger partial charge in [0.25, 0.3) is 0 Å². The average molecular weight is 228 g/mol. The molecule has 1 rings (SSSR count). The highest BCUT2D eigenvalue weighted by Crippen LogP contribution is 2.16. The maximum atomic E-state index is 13.0. The molecule has 0 saturated heterocycles. The molecule has 0 atom stereocenters. The molecular formula is C12H18F2N2. The van der Waals surface area contributed by atoms with Crippen LogP contribution in [0.2, 0.25) is 0 Å². The van der Waals surface area contributed by atoms with Crippen LogP contribution in [-0.4, -0.2) is 26.2 Å². The lowest BCUT2D eigenvalue weighted by Gasteiger charge is -2.20. The van der Waals surface area contributed by atoms with E-state index in [2.05, 4.69) is 19.2 Å². The molecule has 0 aliphatic rings. The monoisotopic (exact) mass is 228 g/mol. The first kappa shape index (κ1) is 12.9. The normalized spacial score (nSPS) is 10.9. The second-order valence-corrected chi connectivity index (χ2v) is 4.13. The van der Waals surface area contributed by atoms with Gasteiger partial charge in [0.05, 0.1) is 0 Å². The van der Waals surface area contributed by atoms with Crippen LogP contribution in [0.3, 0.4) is 0 Å². The number of rotatable bonds is 5. The van der Waals surface area contributed by atoms with E-state index in [0.29, 0.717) is 11.7 Å². The van der Waals surface area contributed by atoms with Gasteiger partial charge in [-0.25, -0.2) is 8.78 Å². The summed E-state index contributed by atoms with van der Waals surface area (Å²) < 4.78 is 25.7. The summed E-state index contributed by atoms with van der Waals surface area (Å²) in [4.78, 5) is 1.89. The van der Waals surface area contributed by atoms with E-state index in [-0.39, 0.29) is 0 Å². The number of hydrogen-bond donors (Lipinski definition) is 1. The highest BCUT2D eigenvalue weighted by atomic mass is 19.2. The Bertz CT molecular complexity index is 340. The molecule has 0 unspecified atom stereocenters. The predicted molar refractivity (Wildman–Crippen MR) is 62.8 cm³/mol. The number of hydrogen-bond acceptors (Lipinski definition) is 2. The second-order valence-electron chi connectivity index (χ2n) is 4.13. The van der Waals surface area contributed by atoms with Crippen LogP contribution in [0, 0.1) is 11.6 Å². The van der Waals surface area contributed by atoms with Crippen molar-refractivity contribution in [1.29, 1.82) is 0 Å². The molecule has 0 aliphatic carbocycles. The molecule has 1 aromatic rings. The summed E-state index contributed by atoms with van der Waals surface area (Å²) in [5.41, 5.74) is 0.685. The molecular weight excluding hydrogens is 210 g/mol. The van der Waals surface area contributed by atoms with Crippen molar-refractivity contribution in [2.45, 2.75) is 19.9 Å². The fourth-order valence-corrected chi connectivity index (χ4v) is 1.37. The van der Waals surface area contributed by atoms with Crippen LogP contribution >= 0.6 is 0 Å². The van der Waals surface area contributed by atoms with E-state index >= 15 is 0 Å². The first-order chi connectivity index (χ1) is 7.50. The minimum Gasteiger partial charge on any atom is -0.373 e. The van der Waals surface area contributed by atoms with Crippen LogP contribution in [-0.2, 0) is 0 Å². The molecule has 0 spiro atoms. The van der Waals surface area contributed by atoms with Crippen molar-refractivity contribution in [1.82, 2.24) is 5.32 Å². The van der Waals surface area contributed by atoms with Gasteiger partial charge in [-0.15, -0.1) is 0 Å². The summed E-state index contributed by atoms with van der Waals surface area (Å²) in [5, 5.41) is 3.26. The van der Waals surface area contributed by atoms with Crippen LogP contribution in [0.15, 0.2) is 18.2 Å². The van der Waals surface area contributed by atoms with E-state index in [0.717, 1.165) is 19.2 Å². The molecule has 4 heteroatoms. The van der Waals surface area contributed by atoms with Crippen LogP contribution in [0.25, 0.3) is 0 Å². The summed E-state index contributed by atoms with van der Waals surface area (Å²) in [5.74, 6) is -1.61. The zero-order valence-corrected chi connectivity index (χ0v) is 9.93. The molecule has 90 valence electrons. The van der Waals surface area contributed by atoms with Crippen molar-refractivity contribution < 1.29 is 8.78 Å². The van der Waals surface area contributed by atoms with Gasteiger partial charge < -0.3 is 10.2 Å². The number of nitrogens with zero attached hydrogens (tertiary/aromatic N) is 1. The molecule has 0 aliphatic heterocycles. The van der Waals surface area contributed by atoms with Crippen molar-refractivity contribution in [3.05, 3.63) is 29.8 Å². The van der Waals surface area contributed by atoms with E-state index in [9.17, 15) is 8.78 Å². The lowest BCUT2D eigenvalue weighted by molar-refractivity contribution is 0.508. The number of benzene rings is 1. The van der Waals surface area contributed by atoms with Gasteiger partial charge in [-0.1, -0.05) is 13.8 Å². The fraction of sp³-hybridized carbons (Fsp3) is 0.500. The number of likely N-dealkylation sites (N-methyl/N-ethyl adjacent to an activating group) is 1. The summed E-state index contributed by atoms with van der Waals surface area (Å²) in [7, 11) is 1.86. The molecule has 0 bridgehead atoms. The number of nitrogens with one attached hydrogen (secondary N) is 1. The van der Waals surface area contributed by atoms with Gasteiger partial charge in [-0.05, 0) is 12.1 Å². The summed E-state index contributed by atoms with van der Waals surface area (Å²) >= 11 is 0. The quantitative estimate of drug-likeness (QED) is 0.832. The molecule has 0 radical (unpaired) electrons. The molecule has 0 amide bonds. The Hall–Kier alpha value is -1.16. The topological polar surface area (TPSA) is 15.3 Å². The average Bonchev–Trinajstić information content (AvgIpc) is 2.21. The second kappa shape index (κ2) is 5.80. The summed E-state index contributed by atoms with van der Waals surface area (Å²) in [6, 6.07) is 4.37. The minimum absolute atomic E-state index is 0.429. The van der Waals surface area contributed by atoms with E-state index in [1.54, 1.807) is 6.07 Å². The van der Waals surface area contributed by atoms with Gasteiger partial charge in [0, 0.05) is 37.9 Å². The highest BCUT2D eigenvalue weighted by molar-refractivity contribution is 5.45. The largest absolute Gasteiger partial charge is 0.373 e. The molecule has 0 saturated carbocycles. The predicted octanol–water partition coefficient (Wildman–Crippen LogP) is 2.40. The summed E-state index contributed by atoms with van der Waals surface area (Å²) in [6.45, 7) is 5.70. The Labute approximate surface area is 95.3 Å². The first-order valence-electron chi connectivity index (χ1n) is 5.40. The SMILES string of the molecule is CC(C)NCCN(C)c1ccc(F)c(F)c1. The van der Waals surface area contributed by atoms with Gasteiger partial charge in [0.15, 0.2) is 11.6 Å². The Balaban J connectivity index is 2.52. The van der Waals surface area contributed by atoms with Gasteiger partial charge in [-0.2, -0.15) is 0 Å². The van der Waals surface area contributed by atoms with E-state index in [1.165, 1.54) is 6.07 Å². The zero-order valence-electron chi connectivity index (χ0n) is 9.93. The minimum atomic E-state index is -0.808. The molecule has 1 aromatic carbocycles. The molecule has 0 fully saturated rings. The van der Waals surface area contributed by atoms with Crippen molar-refractivity contribution in [3.63, 3.8) is 0 Å². The van der Waals surface area contributed by atoms with E-state index < -0.39 is 11.6 Å². The highest BCUT2D eigenvalue weighted by Gasteiger charge is 2.06. The lowest BCUT2D eigenvalue weighted by atomic mass is 10.2. The van der Waals surface area contributed by atoms with Gasteiger partial charge in [-0.3, -0.25) is 0 Å². The number of anilines is 1. The first-order valence-corrected chi connectivity index (χ1v) is 5.40. The number of halogens is 2. The maximum absolute atomic E-state index is 13.0. The van der Waals surface area contributed by atoms with Crippen LogP contribution in [0.5, 0.6) is 0 Å².